The van der Waals surface area contributed by atoms with E-state index in [2.05, 4.69) is 40.7 Å². The summed E-state index contributed by atoms with van der Waals surface area (Å²) in [7, 11) is 0. The average Bonchev–Trinajstić information content (AvgIpc) is 3.28. The number of ether oxygens (including phenoxy) is 1. The van der Waals surface area contributed by atoms with E-state index in [4.69, 9.17) is 16.2 Å². The number of rotatable bonds is 13. The molecule has 8 atom stereocenters. The van der Waals surface area contributed by atoms with Gasteiger partial charge in [0.05, 0.1) is 0 Å². The van der Waals surface area contributed by atoms with Crippen molar-refractivity contribution in [2.45, 2.75) is 138 Å². The molecule has 0 aliphatic heterocycles. The number of fused-ring (bicyclic) bond motifs is 5. The van der Waals surface area contributed by atoms with E-state index in [-0.39, 0.29) is 25.0 Å². The van der Waals surface area contributed by atoms with Crippen molar-refractivity contribution in [3.63, 3.8) is 0 Å². The minimum atomic E-state index is -0.152. The third-order valence-corrected chi connectivity index (χ3v) is 12.3. The first-order valence-corrected chi connectivity index (χ1v) is 17.2. The lowest BCUT2D eigenvalue weighted by Crippen LogP contribution is -2.51. The van der Waals surface area contributed by atoms with Gasteiger partial charge < -0.3 is 21.1 Å². The zero-order chi connectivity index (χ0) is 28.9. The number of unbranched alkanes of at least 4 members (excludes halogenated alkanes) is 1. The van der Waals surface area contributed by atoms with Crippen LogP contribution >= 0.6 is 0 Å². The van der Waals surface area contributed by atoms with E-state index in [0.29, 0.717) is 31.6 Å². The fourth-order valence-corrected chi connectivity index (χ4v) is 9.99. The molecular weight excluding hydrogens is 506 g/mol. The molecule has 5 nitrogen and oxygen atoms in total. The summed E-state index contributed by atoms with van der Waals surface area (Å²) in [5.41, 5.74) is 13.8. The number of hydrogen-bond acceptors (Lipinski definition) is 4. The Morgan fingerprint density at radius 2 is 1.68 bits per heavy atom. The smallest absolute Gasteiger partial charge is 0.410 e. The second kappa shape index (κ2) is 15.1. The normalized spacial score (nSPS) is 35.0. The van der Waals surface area contributed by atoms with Crippen molar-refractivity contribution >= 4 is 6.09 Å². The topological polar surface area (TPSA) is 81.6 Å². The van der Waals surface area contributed by atoms with Crippen molar-refractivity contribution in [2.24, 2.45) is 57.8 Å². The molecule has 1 amide bonds. The van der Waals surface area contributed by atoms with Crippen molar-refractivity contribution in [1.82, 2.24) is 4.90 Å². The van der Waals surface area contributed by atoms with E-state index >= 15 is 0 Å². The highest BCUT2D eigenvalue weighted by molar-refractivity contribution is 5.67. The minimum Gasteiger partial charge on any atom is -0.446 e. The van der Waals surface area contributed by atoms with Gasteiger partial charge in [-0.2, -0.15) is 0 Å². The van der Waals surface area contributed by atoms with Gasteiger partial charge in [0.15, 0.2) is 0 Å². The maximum atomic E-state index is 13.1. The number of nitrogens with two attached hydrogens (primary N) is 2. The number of allylic oxidation sites excluding steroid dienone is 1. The number of amides is 1. The first kappa shape index (κ1) is 34.4. The second-order valence-corrected chi connectivity index (χ2v) is 15.2. The standard InChI is InChI=1S/C35H63N3O2.CH4/c1-25(2)10-8-11-26(3)30-14-15-31-29-13-12-27-24-28(16-18-34(27,4)32(29)17-19-35(30,31)5)40-33(39)38(23-9-21-37)22-7-6-20-36;/h12,25-26,28-32H,6-11,13-24,36-37H2,1-5H3;1H4. The zero-order valence-electron chi connectivity index (χ0n) is 26.8. The van der Waals surface area contributed by atoms with Crippen molar-refractivity contribution < 1.29 is 9.53 Å². The van der Waals surface area contributed by atoms with Crippen LogP contribution in [0.5, 0.6) is 0 Å². The molecule has 0 bridgehead atoms. The van der Waals surface area contributed by atoms with Gasteiger partial charge in [-0.3, -0.25) is 0 Å². The fourth-order valence-electron chi connectivity index (χ4n) is 9.99. The highest BCUT2D eigenvalue weighted by Gasteiger charge is 2.59. The second-order valence-electron chi connectivity index (χ2n) is 15.2. The van der Waals surface area contributed by atoms with E-state index < -0.39 is 0 Å². The molecule has 238 valence electrons. The first-order chi connectivity index (χ1) is 19.1. The Bertz CT molecular complexity index is 858. The molecule has 4 aliphatic carbocycles. The number of hydrogen-bond donors (Lipinski definition) is 2. The maximum absolute atomic E-state index is 13.1. The summed E-state index contributed by atoms with van der Waals surface area (Å²) in [4.78, 5) is 15.0. The molecule has 4 aliphatic rings. The maximum Gasteiger partial charge on any atom is 0.410 e. The number of nitrogens with zero attached hydrogens (tertiary/aromatic N) is 1. The molecule has 0 spiro atoms. The lowest BCUT2D eigenvalue weighted by atomic mass is 9.47. The molecule has 5 heteroatoms. The van der Waals surface area contributed by atoms with Crippen LogP contribution in [0.3, 0.4) is 0 Å². The molecule has 0 heterocycles. The van der Waals surface area contributed by atoms with Crippen LogP contribution in [0.2, 0.25) is 0 Å². The molecule has 0 aromatic carbocycles. The average molecular weight is 574 g/mol. The van der Waals surface area contributed by atoms with Crippen LogP contribution in [0.25, 0.3) is 0 Å². The van der Waals surface area contributed by atoms with E-state index in [1.54, 1.807) is 5.57 Å². The first-order valence-electron chi connectivity index (χ1n) is 17.2. The molecule has 4 N–H and O–H groups in total. The molecule has 0 aromatic heterocycles. The number of carbonyl (C=O) groups is 1. The Hall–Kier alpha value is -1.07. The van der Waals surface area contributed by atoms with Crippen molar-refractivity contribution in [3.05, 3.63) is 11.6 Å². The summed E-state index contributed by atoms with van der Waals surface area (Å²) in [5.74, 6) is 5.13. The van der Waals surface area contributed by atoms with Crippen molar-refractivity contribution in [2.75, 3.05) is 26.2 Å². The molecule has 4 rings (SSSR count). The van der Waals surface area contributed by atoms with Gasteiger partial charge in [0.2, 0.25) is 0 Å². The van der Waals surface area contributed by atoms with Gasteiger partial charge >= 0.3 is 6.09 Å². The molecule has 3 fully saturated rings. The van der Waals surface area contributed by atoms with Gasteiger partial charge in [0.25, 0.3) is 0 Å². The summed E-state index contributed by atoms with van der Waals surface area (Å²) in [5, 5.41) is 0. The van der Waals surface area contributed by atoms with Crippen molar-refractivity contribution in [1.29, 1.82) is 0 Å². The highest BCUT2D eigenvalue weighted by atomic mass is 16.6. The van der Waals surface area contributed by atoms with E-state index in [1.165, 1.54) is 51.4 Å². The Labute approximate surface area is 254 Å². The predicted octanol–water partition coefficient (Wildman–Crippen LogP) is 8.56. The highest BCUT2D eigenvalue weighted by Crippen LogP contribution is 2.67. The van der Waals surface area contributed by atoms with E-state index in [1.807, 2.05) is 4.90 Å². The monoisotopic (exact) mass is 574 g/mol. The molecule has 8 unspecified atom stereocenters. The zero-order valence-corrected chi connectivity index (χ0v) is 26.8. The van der Waals surface area contributed by atoms with E-state index in [0.717, 1.165) is 74.0 Å². The summed E-state index contributed by atoms with van der Waals surface area (Å²) in [6.45, 7) is 15.2. The van der Waals surface area contributed by atoms with Crippen LogP contribution in [0, 0.1) is 46.3 Å². The summed E-state index contributed by atoms with van der Waals surface area (Å²) in [6.07, 6.45) is 19.3. The summed E-state index contributed by atoms with van der Waals surface area (Å²) >= 11 is 0. The van der Waals surface area contributed by atoms with Crippen LogP contribution in [0.15, 0.2) is 11.6 Å². The van der Waals surface area contributed by atoms with Gasteiger partial charge in [-0.05, 0) is 124 Å². The van der Waals surface area contributed by atoms with Gasteiger partial charge in [-0.1, -0.05) is 73.0 Å². The van der Waals surface area contributed by atoms with E-state index in [9.17, 15) is 4.79 Å². The predicted molar refractivity (Wildman–Crippen MR) is 174 cm³/mol. The Morgan fingerprint density at radius 3 is 2.39 bits per heavy atom. The van der Waals surface area contributed by atoms with Gasteiger partial charge in [-0.25, -0.2) is 4.79 Å². The SMILES string of the molecule is C.CC(C)CCCC(C)C1CCC2C3CC=C4CC(OC(=O)N(CCCN)CCCCN)CCC4(C)C3CCC12C. The molecule has 0 radical (unpaired) electrons. The molecule has 41 heavy (non-hydrogen) atoms. The molecule has 0 aromatic rings. The Balaban J connectivity index is 0.00000462. The minimum absolute atomic E-state index is 0. The third-order valence-electron chi connectivity index (χ3n) is 12.3. The summed E-state index contributed by atoms with van der Waals surface area (Å²) < 4.78 is 6.16. The molecule has 0 saturated heterocycles. The molecular formula is C36H67N3O2. The third kappa shape index (κ3) is 7.54. The lowest BCUT2D eigenvalue weighted by Gasteiger charge is -2.58. The summed E-state index contributed by atoms with van der Waals surface area (Å²) in [6, 6.07) is 0. The number of carbonyl (C=O) groups excluding carboxylic acids is 1. The lowest BCUT2D eigenvalue weighted by molar-refractivity contribution is -0.0593. The van der Waals surface area contributed by atoms with Crippen LogP contribution in [-0.2, 0) is 4.74 Å². The van der Waals surface area contributed by atoms with Crippen LogP contribution in [0.1, 0.15) is 132 Å². The van der Waals surface area contributed by atoms with Gasteiger partial charge in [-0.15, -0.1) is 0 Å². The van der Waals surface area contributed by atoms with Crippen LogP contribution in [-0.4, -0.2) is 43.3 Å². The fraction of sp³-hybridized carbons (Fsp3) is 0.917. The molecule has 3 saturated carbocycles. The quantitative estimate of drug-likeness (QED) is 0.171. The van der Waals surface area contributed by atoms with Gasteiger partial charge in [0.1, 0.15) is 6.10 Å². The largest absolute Gasteiger partial charge is 0.446 e. The van der Waals surface area contributed by atoms with Gasteiger partial charge in [0, 0.05) is 19.5 Å². The van der Waals surface area contributed by atoms with Crippen molar-refractivity contribution in [3.8, 4) is 0 Å². The van der Waals surface area contributed by atoms with Crippen LogP contribution < -0.4 is 11.5 Å². The van der Waals surface area contributed by atoms with Crippen LogP contribution in [0.4, 0.5) is 4.79 Å². The Kier molecular flexibility index (Phi) is 12.7. The Morgan fingerprint density at radius 1 is 0.951 bits per heavy atom.